The molecule has 0 N–H and O–H groups in total. The second-order valence-corrected chi connectivity index (χ2v) is 7.50. The van der Waals surface area contributed by atoms with Crippen molar-refractivity contribution in [2.24, 2.45) is 4.99 Å². The van der Waals surface area contributed by atoms with Gasteiger partial charge < -0.3 is 0 Å². The van der Waals surface area contributed by atoms with Crippen LogP contribution in [0.4, 0.5) is 0 Å². The van der Waals surface area contributed by atoms with Crippen molar-refractivity contribution in [3.05, 3.63) is 78.1 Å². The molecule has 0 aliphatic carbocycles. The maximum Gasteiger partial charge on any atom is 0.268 e. The molecule has 0 bridgehead atoms. The van der Waals surface area contributed by atoms with Crippen LogP contribution in [0.5, 0.6) is 0 Å². The predicted octanol–water partition coefficient (Wildman–Crippen LogP) is 4.40. The Labute approximate surface area is 145 Å². The summed E-state index contributed by atoms with van der Waals surface area (Å²) in [5.74, 6) is 0. The van der Waals surface area contributed by atoms with Crippen molar-refractivity contribution >= 4 is 38.2 Å². The smallest absolute Gasteiger partial charge is 0.241 e. The molecule has 122 valence electrons. The first-order chi connectivity index (χ1) is 11.4. The van der Waals surface area contributed by atoms with E-state index in [1.807, 2.05) is 12.1 Å². The van der Waals surface area contributed by atoms with Gasteiger partial charge in [-0.2, -0.15) is 0 Å². The van der Waals surface area contributed by atoms with Crippen molar-refractivity contribution < 1.29 is 8.42 Å². The molecule has 4 nitrogen and oxygen atoms in total. The Hall–Kier alpha value is -2.37. The van der Waals surface area contributed by atoms with Crippen LogP contribution in [0.2, 0.25) is 0 Å². The maximum absolute atomic E-state index is 13.0. The van der Waals surface area contributed by atoms with E-state index in [9.17, 15) is 8.42 Å². The number of hydrogen-bond donors (Lipinski definition) is 0. The number of nitrogens with zero attached hydrogens (tertiary/aromatic N) is 2. The predicted molar refractivity (Wildman–Crippen MR) is 98.2 cm³/mol. The van der Waals surface area contributed by atoms with E-state index in [2.05, 4.69) is 11.6 Å². The van der Waals surface area contributed by atoms with Gasteiger partial charge in [-0.3, -0.25) is 0 Å². The number of rotatable bonds is 4. The molecule has 3 aromatic rings. The van der Waals surface area contributed by atoms with Crippen LogP contribution < -0.4 is 0 Å². The fourth-order valence-electron chi connectivity index (χ4n) is 2.59. The summed E-state index contributed by atoms with van der Waals surface area (Å²) in [4.78, 5) is 4.38. The number of halogens is 1. The summed E-state index contributed by atoms with van der Waals surface area (Å²) in [5.41, 5.74) is 1.89. The standard InChI is InChI=1S/C18H15ClN2O2S/c1-13(20-14(2)19)17-12-21(18-11-7-6-10-16(17)18)24(22,23)15-8-4-3-5-9-15/h3-12H,2H2,1H3/b20-13+. The molecule has 1 heterocycles. The van der Waals surface area contributed by atoms with E-state index in [0.717, 1.165) is 5.39 Å². The average molecular weight is 359 g/mol. The molecule has 0 unspecified atom stereocenters. The molecule has 24 heavy (non-hydrogen) atoms. The Bertz CT molecular complexity index is 1050. The quantitative estimate of drug-likeness (QED) is 0.512. The largest absolute Gasteiger partial charge is 0.268 e. The Morgan fingerprint density at radius 3 is 2.38 bits per heavy atom. The van der Waals surface area contributed by atoms with Gasteiger partial charge in [-0.1, -0.05) is 54.6 Å². The van der Waals surface area contributed by atoms with Crippen molar-refractivity contribution in [1.82, 2.24) is 3.97 Å². The molecule has 0 amide bonds. The molecule has 3 rings (SSSR count). The van der Waals surface area contributed by atoms with E-state index in [1.54, 1.807) is 55.6 Å². The molecule has 0 spiro atoms. The third-order valence-electron chi connectivity index (χ3n) is 3.66. The van der Waals surface area contributed by atoms with Gasteiger partial charge in [0, 0.05) is 22.9 Å². The van der Waals surface area contributed by atoms with Gasteiger partial charge in [0.1, 0.15) is 5.16 Å². The van der Waals surface area contributed by atoms with E-state index >= 15 is 0 Å². The zero-order valence-corrected chi connectivity index (χ0v) is 14.6. The highest BCUT2D eigenvalue weighted by atomic mass is 35.5. The van der Waals surface area contributed by atoms with Crippen LogP contribution >= 0.6 is 11.6 Å². The van der Waals surface area contributed by atoms with Crippen LogP contribution in [0, 0.1) is 0 Å². The highest BCUT2D eigenvalue weighted by molar-refractivity contribution is 7.90. The molecule has 0 aliphatic rings. The average Bonchev–Trinajstić information content (AvgIpc) is 2.95. The van der Waals surface area contributed by atoms with Crippen LogP contribution in [0.25, 0.3) is 10.9 Å². The topological polar surface area (TPSA) is 51.4 Å². The van der Waals surface area contributed by atoms with Crippen molar-refractivity contribution in [2.75, 3.05) is 0 Å². The molecule has 0 atom stereocenters. The number of fused-ring (bicyclic) bond motifs is 1. The van der Waals surface area contributed by atoms with Crippen molar-refractivity contribution in [2.45, 2.75) is 11.8 Å². The summed E-state index contributed by atoms with van der Waals surface area (Å²) in [6, 6.07) is 15.6. The van der Waals surface area contributed by atoms with Crippen LogP contribution in [0.1, 0.15) is 12.5 Å². The number of aromatic nitrogens is 1. The minimum Gasteiger partial charge on any atom is -0.241 e. The molecule has 0 radical (unpaired) electrons. The lowest BCUT2D eigenvalue weighted by Crippen LogP contribution is -2.11. The van der Waals surface area contributed by atoms with Crippen molar-refractivity contribution in [3.63, 3.8) is 0 Å². The van der Waals surface area contributed by atoms with Crippen molar-refractivity contribution in [3.8, 4) is 0 Å². The first-order valence-electron chi connectivity index (χ1n) is 7.22. The van der Waals surface area contributed by atoms with Gasteiger partial charge in [0.05, 0.1) is 10.4 Å². The third kappa shape index (κ3) is 2.88. The fraction of sp³-hybridized carbons (Fsp3) is 0.0556. The molecule has 0 saturated carbocycles. The highest BCUT2D eigenvalue weighted by Crippen LogP contribution is 2.26. The number of para-hydroxylation sites is 1. The second kappa shape index (κ2) is 6.26. The Morgan fingerprint density at radius 1 is 1.08 bits per heavy atom. The molecule has 2 aromatic carbocycles. The van der Waals surface area contributed by atoms with E-state index in [4.69, 9.17) is 11.6 Å². The summed E-state index contributed by atoms with van der Waals surface area (Å²) in [5, 5.41) is 0.937. The van der Waals surface area contributed by atoms with Crippen LogP contribution in [0.15, 0.2) is 82.4 Å². The lowest BCUT2D eigenvalue weighted by molar-refractivity contribution is 0.589. The second-order valence-electron chi connectivity index (χ2n) is 5.25. The number of aliphatic imine (C=N–C) groups is 1. The van der Waals surface area contributed by atoms with Gasteiger partial charge in [0.15, 0.2) is 0 Å². The van der Waals surface area contributed by atoms with Crippen LogP contribution in [-0.2, 0) is 10.0 Å². The van der Waals surface area contributed by atoms with Gasteiger partial charge in [0.2, 0.25) is 0 Å². The van der Waals surface area contributed by atoms with Crippen LogP contribution in [0.3, 0.4) is 0 Å². The van der Waals surface area contributed by atoms with Gasteiger partial charge in [-0.25, -0.2) is 17.4 Å². The van der Waals surface area contributed by atoms with E-state index < -0.39 is 10.0 Å². The van der Waals surface area contributed by atoms with Gasteiger partial charge >= 0.3 is 0 Å². The minimum absolute atomic E-state index is 0.148. The maximum atomic E-state index is 13.0. The minimum atomic E-state index is -3.70. The lowest BCUT2D eigenvalue weighted by Gasteiger charge is -2.07. The molecule has 1 aromatic heterocycles. The van der Waals surface area contributed by atoms with Crippen LogP contribution in [-0.4, -0.2) is 18.1 Å². The van der Waals surface area contributed by atoms with Crippen molar-refractivity contribution in [1.29, 1.82) is 0 Å². The van der Waals surface area contributed by atoms with E-state index in [-0.39, 0.29) is 10.1 Å². The molecular formula is C18H15ClN2O2S. The monoisotopic (exact) mass is 358 g/mol. The Morgan fingerprint density at radius 2 is 1.71 bits per heavy atom. The molecule has 0 aliphatic heterocycles. The van der Waals surface area contributed by atoms with E-state index in [0.29, 0.717) is 16.8 Å². The summed E-state index contributed by atoms with van der Waals surface area (Å²) in [7, 11) is -3.70. The summed E-state index contributed by atoms with van der Waals surface area (Å²) in [6.07, 6.45) is 1.58. The molecular weight excluding hydrogens is 344 g/mol. The molecule has 0 fully saturated rings. The summed E-state index contributed by atoms with van der Waals surface area (Å²) in [6.45, 7) is 5.33. The fourth-order valence-corrected chi connectivity index (χ4v) is 4.10. The number of hydrogen-bond acceptors (Lipinski definition) is 3. The molecule has 6 heteroatoms. The Balaban J connectivity index is 2.29. The van der Waals surface area contributed by atoms with Gasteiger partial charge in [0.25, 0.3) is 10.0 Å². The summed E-state index contributed by atoms with van der Waals surface area (Å²) < 4.78 is 27.3. The van der Waals surface area contributed by atoms with E-state index in [1.165, 1.54) is 3.97 Å². The third-order valence-corrected chi connectivity index (χ3v) is 5.43. The van der Waals surface area contributed by atoms with Gasteiger partial charge in [-0.05, 0) is 25.1 Å². The SMILES string of the molecule is C=C(Cl)/N=C(\C)c1cn(S(=O)(=O)c2ccccc2)c2ccccc12. The summed E-state index contributed by atoms with van der Waals surface area (Å²) >= 11 is 5.76. The zero-order chi connectivity index (χ0) is 17.3. The molecule has 0 saturated heterocycles. The van der Waals surface area contributed by atoms with Gasteiger partial charge in [-0.15, -0.1) is 0 Å². The highest BCUT2D eigenvalue weighted by Gasteiger charge is 2.21. The normalized spacial score (nSPS) is 12.5. The zero-order valence-electron chi connectivity index (χ0n) is 13.0. The Kier molecular flexibility index (Phi) is 4.30. The lowest BCUT2D eigenvalue weighted by atomic mass is 10.1. The number of benzene rings is 2. The first-order valence-corrected chi connectivity index (χ1v) is 9.04. The first kappa shape index (κ1) is 16.5.